The van der Waals surface area contributed by atoms with Gasteiger partial charge in [0.1, 0.15) is 30.4 Å². The third-order valence-corrected chi connectivity index (χ3v) is 5.88. The second-order valence-electron chi connectivity index (χ2n) is 8.87. The van der Waals surface area contributed by atoms with Crippen molar-refractivity contribution < 1.29 is 23.4 Å². The van der Waals surface area contributed by atoms with Gasteiger partial charge in [0.05, 0.1) is 6.61 Å². The van der Waals surface area contributed by atoms with Crippen molar-refractivity contribution in [2.45, 2.75) is 13.0 Å². The molecule has 4 N–H and O–H groups in total. The van der Waals surface area contributed by atoms with Gasteiger partial charge in [-0.1, -0.05) is 5.46 Å². The predicted octanol–water partition coefficient (Wildman–Crippen LogP) is 3.02. The molecule has 40 heavy (non-hydrogen) atoms. The first-order valence-electron chi connectivity index (χ1n) is 12.0. The molecule has 2 radical (unpaired) electrons. The number of hydrogen-bond acceptors (Lipinski definition) is 7. The van der Waals surface area contributed by atoms with Crippen molar-refractivity contribution in [1.82, 2.24) is 19.7 Å². The Morgan fingerprint density at radius 1 is 1.15 bits per heavy atom. The zero-order chi connectivity index (χ0) is 28.4. The molecule has 5 rings (SSSR count). The van der Waals surface area contributed by atoms with Crippen LogP contribution in [-0.2, 0) is 0 Å². The van der Waals surface area contributed by atoms with Crippen LogP contribution in [0.3, 0.4) is 0 Å². The minimum Gasteiger partial charge on any atom is -0.453 e. The monoisotopic (exact) mass is 542 g/mol. The van der Waals surface area contributed by atoms with Gasteiger partial charge < -0.3 is 20.5 Å². The van der Waals surface area contributed by atoms with Gasteiger partial charge in [0.2, 0.25) is 0 Å². The zero-order valence-corrected chi connectivity index (χ0v) is 21.0. The number of benzene rings is 2. The maximum absolute atomic E-state index is 15.1. The number of carbonyl (C=O) groups excluding carboxylic acids is 1. The van der Waals surface area contributed by atoms with E-state index in [2.05, 4.69) is 25.8 Å². The van der Waals surface area contributed by atoms with Crippen LogP contribution >= 0.6 is 0 Å². The van der Waals surface area contributed by atoms with Gasteiger partial charge in [-0.3, -0.25) is 19.3 Å². The summed E-state index contributed by atoms with van der Waals surface area (Å²) < 4.78 is 35.3. The van der Waals surface area contributed by atoms with Crippen LogP contribution in [0.2, 0.25) is 0 Å². The largest absolute Gasteiger partial charge is 0.453 e. The summed E-state index contributed by atoms with van der Waals surface area (Å²) in [5, 5.41) is 22.2. The van der Waals surface area contributed by atoms with E-state index in [-0.39, 0.29) is 40.9 Å². The van der Waals surface area contributed by atoms with Crippen molar-refractivity contribution in [2.24, 2.45) is 0 Å². The van der Waals surface area contributed by atoms with Gasteiger partial charge in [-0.2, -0.15) is 5.10 Å². The average molecular weight is 542 g/mol. The summed E-state index contributed by atoms with van der Waals surface area (Å²) in [6, 6.07) is 11.3. The van der Waals surface area contributed by atoms with E-state index >= 15 is 4.39 Å². The molecule has 3 aromatic heterocycles. The minimum atomic E-state index is -0.816. The van der Waals surface area contributed by atoms with Crippen LogP contribution in [0.25, 0.3) is 16.7 Å². The molecule has 0 bridgehead atoms. The van der Waals surface area contributed by atoms with Gasteiger partial charge in [0, 0.05) is 41.9 Å². The molecular formula is C27H21BF2N6O4. The molecule has 0 fully saturated rings. The van der Waals surface area contributed by atoms with Crippen molar-refractivity contribution in [3.05, 3.63) is 94.5 Å². The van der Waals surface area contributed by atoms with Gasteiger partial charge in [-0.25, -0.2) is 13.8 Å². The maximum atomic E-state index is 15.1. The van der Waals surface area contributed by atoms with Crippen LogP contribution < -0.4 is 26.4 Å². The third kappa shape index (κ3) is 5.40. The summed E-state index contributed by atoms with van der Waals surface area (Å²) in [7, 11) is 5.90. The number of aliphatic hydroxyl groups is 1. The molecule has 10 nitrogen and oxygen atoms in total. The summed E-state index contributed by atoms with van der Waals surface area (Å²) in [5.74, 6) is -1.61. The summed E-state index contributed by atoms with van der Waals surface area (Å²) in [6.07, 6.45) is 2.78. The fraction of sp³-hybridized carbons (Fsp3) is 0.111. The number of carbonyl (C=O) groups is 1. The maximum Gasteiger partial charge on any atom is 0.267 e. The molecular weight excluding hydrogens is 521 g/mol. The Balaban J connectivity index is 1.38. The van der Waals surface area contributed by atoms with E-state index < -0.39 is 23.1 Å². The Bertz CT molecular complexity index is 1770. The standard InChI is InChI=1S/C27H21BF2N6O4/c1-14(13-37)32-25-23-22(8-9-31-24(23)34-35-25)40-21-7-4-17(11-20(21)30)33-26(38)19-10-15(28)12-36(27(19)39)18-5-2-16(29)3-6-18/h2-12,14,37H,13H2,1H3,(H,33,38)(H2,31,32,34,35)/t14-/m1/s1. The number of aliphatic hydroxyl groups excluding tert-OH is 1. The molecule has 1 atom stereocenters. The number of amides is 1. The lowest BCUT2D eigenvalue weighted by Gasteiger charge is -2.13. The number of nitrogens with one attached hydrogen (secondary N) is 3. The molecule has 3 heterocycles. The highest BCUT2D eigenvalue weighted by Crippen LogP contribution is 2.34. The van der Waals surface area contributed by atoms with Crippen LogP contribution in [0.5, 0.6) is 11.5 Å². The number of aromatic nitrogens is 4. The number of nitrogens with zero attached hydrogens (tertiary/aromatic N) is 3. The minimum absolute atomic E-state index is 0.0623. The summed E-state index contributed by atoms with van der Waals surface area (Å²) in [4.78, 5) is 30.1. The average Bonchev–Trinajstić information content (AvgIpc) is 3.35. The highest BCUT2D eigenvalue weighted by molar-refractivity contribution is 6.32. The number of fused-ring (bicyclic) bond motifs is 1. The molecule has 200 valence electrons. The van der Waals surface area contributed by atoms with Crippen LogP contribution in [0.4, 0.5) is 20.3 Å². The van der Waals surface area contributed by atoms with Crippen LogP contribution in [-0.4, -0.2) is 51.3 Å². The molecule has 1 amide bonds. The van der Waals surface area contributed by atoms with E-state index in [1.165, 1.54) is 60.9 Å². The lowest BCUT2D eigenvalue weighted by molar-refractivity contribution is 0.102. The van der Waals surface area contributed by atoms with Gasteiger partial charge in [-0.05, 0) is 49.4 Å². The molecule has 0 aliphatic rings. The zero-order valence-electron chi connectivity index (χ0n) is 21.0. The van der Waals surface area contributed by atoms with Crippen molar-refractivity contribution in [2.75, 3.05) is 17.2 Å². The Morgan fingerprint density at radius 3 is 2.65 bits per heavy atom. The summed E-state index contributed by atoms with van der Waals surface area (Å²) in [6.45, 7) is 1.62. The lowest BCUT2D eigenvalue weighted by Crippen LogP contribution is -2.31. The quantitative estimate of drug-likeness (QED) is 0.222. The first kappa shape index (κ1) is 26.6. The molecule has 0 unspecified atom stereocenters. The number of halogens is 2. The predicted molar refractivity (Wildman–Crippen MR) is 146 cm³/mol. The number of H-pyrrole nitrogens is 1. The molecule has 0 spiro atoms. The number of aromatic amines is 1. The van der Waals surface area contributed by atoms with E-state index in [0.29, 0.717) is 22.5 Å². The highest BCUT2D eigenvalue weighted by atomic mass is 19.1. The summed E-state index contributed by atoms with van der Waals surface area (Å²) in [5.41, 5.74) is -0.0986. The van der Waals surface area contributed by atoms with E-state index in [1.807, 2.05) is 0 Å². The molecule has 5 aromatic rings. The highest BCUT2D eigenvalue weighted by Gasteiger charge is 2.18. The van der Waals surface area contributed by atoms with Gasteiger partial charge in [0.15, 0.2) is 23.0 Å². The first-order valence-corrected chi connectivity index (χ1v) is 12.0. The molecule has 0 saturated heterocycles. The van der Waals surface area contributed by atoms with Crippen LogP contribution in [0.15, 0.2) is 71.8 Å². The molecule has 0 aliphatic carbocycles. The van der Waals surface area contributed by atoms with Gasteiger partial charge in [-0.15, -0.1) is 0 Å². The van der Waals surface area contributed by atoms with Crippen molar-refractivity contribution in [1.29, 1.82) is 0 Å². The first-order chi connectivity index (χ1) is 19.2. The number of hydrogen-bond donors (Lipinski definition) is 4. The van der Waals surface area contributed by atoms with E-state index in [0.717, 1.165) is 10.6 Å². The fourth-order valence-corrected chi connectivity index (χ4v) is 3.93. The van der Waals surface area contributed by atoms with Crippen LogP contribution in [0.1, 0.15) is 17.3 Å². The number of anilines is 2. The smallest absolute Gasteiger partial charge is 0.267 e. The second-order valence-corrected chi connectivity index (χ2v) is 8.87. The Kier molecular flexibility index (Phi) is 7.30. The van der Waals surface area contributed by atoms with Crippen LogP contribution in [0, 0.1) is 11.6 Å². The fourth-order valence-electron chi connectivity index (χ4n) is 3.93. The molecule has 13 heteroatoms. The summed E-state index contributed by atoms with van der Waals surface area (Å²) >= 11 is 0. The van der Waals surface area contributed by atoms with Crippen molar-refractivity contribution >= 4 is 41.8 Å². The normalized spacial score (nSPS) is 11.8. The number of pyridine rings is 2. The van der Waals surface area contributed by atoms with Crippen molar-refractivity contribution in [3.8, 4) is 17.2 Å². The topological polar surface area (TPSA) is 134 Å². The number of rotatable bonds is 8. The number of ether oxygens (including phenoxy) is 1. The Labute approximate surface area is 227 Å². The van der Waals surface area contributed by atoms with E-state index in [1.54, 1.807) is 6.92 Å². The Morgan fingerprint density at radius 2 is 1.93 bits per heavy atom. The molecule has 0 saturated carbocycles. The van der Waals surface area contributed by atoms with E-state index in [9.17, 15) is 19.1 Å². The van der Waals surface area contributed by atoms with Gasteiger partial charge >= 0.3 is 0 Å². The molecule has 2 aromatic carbocycles. The molecule has 0 aliphatic heterocycles. The van der Waals surface area contributed by atoms with Crippen molar-refractivity contribution in [3.63, 3.8) is 0 Å². The second kappa shape index (κ2) is 11.0. The van der Waals surface area contributed by atoms with E-state index in [4.69, 9.17) is 12.6 Å². The SMILES string of the molecule is [B]c1cc(C(=O)Nc2ccc(Oc3ccnc4[nH]nc(N[C@H](C)CO)c34)c(F)c2)c(=O)n(-c2ccc(F)cc2)c1. The Hall–Kier alpha value is -5.04. The lowest BCUT2D eigenvalue weighted by atomic mass is 9.96. The van der Waals surface area contributed by atoms with Gasteiger partial charge in [0.25, 0.3) is 11.5 Å². The third-order valence-electron chi connectivity index (χ3n) is 5.88.